The summed E-state index contributed by atoms with van der Waals surface area (Å²) in [5, 5.41) is 17.5. The van der Waals surface area contributed by atoms with Crippen LogP contribution >= 0.6 is 0 Å². The zero-order valence-corrected chi connectivity index (χ0v) is 12.6. The quantitative estimate of drug-likeness (QED) is 0.592. The van der Waals surface area contributed by atoms with E-state index in [1.165, 1.54) is 13.2 Å². The van der Waals surface area contributed by atoms with Crippen LogP contribution < -0.4 is 9.47 Å². The molecular formula is C16H16N2O4. The van der Waals surface area contributed by atoms with E-state index in [0.717, 1.165) is 0 Å². The smallest absolute Gasteiger partial charge is 0.344 e. The first-order valence-corrected chi connectivity index (χ1v) is 6.52. The van der Waals surface area contributed by atoms with Crippen molar-refractivity contribution in [2.24, 2.45) is 0 Å². The summed E-state index contributed by atoms with van der Waals surface area (Å²) in [7, 11) is 1.46. The van der Waals surface area contributed by atoms with Crippen molar-refractivity contribution in [3.63, 3.8) is 0 Å². The normalized spacial score (nSPS) is 9.36. The Morgan fingerprint density at radius 3 is 2.50 bits per heavy atom. The highest BCUT2D eigenvalue weighted by atomic mass is 16.6. The Balaban J connectivity index is 2.87. The van der Waals surface area contributed by atoms with Crippen LogP contribution in [0, 0.1) is 22.7 Å². The first kappa shape index (κ1) is 17.1. The van der Waals surface area contributed by atoms with Crippen molar-refractivity contribution in [1.82, 2.24) is 0 Å². The van der Waals surface area contributed by atoms with Gasteiger partial charge in [-0.05, 0) is 37.6 Å². The van der Waals surface area contributed by atoms with E-state index in [9.17, 15) is 4.79 Å². The fourth-order valence-corrected chi connectivity index (χ4v) is 1.58. The summed E-state index contributed by atoms with van der Waals surface area (Å²) in [6.45, 7) is 3.27. The highest BCUT2D eigenvalue weighted by Crippen LogP contribution is 2.28. The Morgan fingerprint density at radius 1 is 1.27 bits per heavy atom. The largest absolute Gasteiger partial charge is 0.493 e. The summed E-state index contributed by atoms with van der Waals surface area (Å²) in [4.78, 5) is 11.4. The highest BCUT2D eigenvalue weighted by molar-refractivity contribution is 5.71. The predicted octanol–water partition coefficient (Wildman–Crippen LogP) is 2.46. The van der Waals surface area contributed by atoms with E-state index in [1.54, 1.807) is 44.2 Å². The molecule has 0 fully saturated rings. The van der Waals surface area contributed by atoms with Crippen molar-refractivity contribution in [2.45, 2.75) is 20.0 Å². The zero-order valence-electron chi connectivity index (χ0n) is 12.6. The van der Waals surface area contributed by atoms with Gasteiger partial charge in [-0.15, -0.1) is 0 Å². The monoisotopic (exact) mass is 300 g/mol. The van der Waals surface area contributed by atoms with Crippen LogP contribution in [0.1, 0.15) is 19.4 Å². The lowest BCUT2D eigenvalue weighted by molar-refractivity contribution is -0.149. The topological polar surface area (TPSA) is 92.3 Å². The molecule has 0 aliphatic rings. The number of ether oxygens (including phenoxy) is 3. The molecule has 0 saturated heterocycles. The molecule has 0 radical (unpaired) electrons. The first-order valence-electron chi connectivity index (χ1n) is 6.52. The molecule has 0 heterocycles. The molecule has 1 aromatic carbocycles. The summed E-state index contributed by atoms with van der Waals surface area (Å²) in [6.07, 6.45) is 1.22. The molecule has 0 aromatic heterocycles. The van der Waals surface area contributed by atoms with E-state index in [2.05, 4.69) is 0 Å². The number of nitriles is 2. The second-order valence-corrected chi connectivity index (χ2v) is 4.52. The molecule has 0 unspecified atom stereocenters. The van der Waals surface area contributed by atoms with Gasteiger partial charge in [0.25, 0.3) is 0 Å². The molecule has 0 saturated carbocycles. The van der Waals surface area contributed by atoms with Crippen LogP contribution in [0.2, 0.25) is 0 Å². The first-order chi connectivity index (χ1) is 10.5. The van der Waals surface area contributed by atoms with Gasteiger partial charge in [-0.1, -0.05) is 6.07 Å². The van der Waals surface area contributed by atoms with Crippen molar-refractivity contribution < 1.29 is 19.0 Å². The summed E-state index contributed by atoms with van der Waals surface area (Å²) < 4.78 is 15.5. The van der Waals surface area contributed by atoms with Crippen LogP contribution in [0.4, 0.5) is 0 Å². The molecule has 22 heavy (non-hydrogen) atoms. The van der Waals surface area contributed by atoms with Gasteiger partial charge in [0.2, 0.25) is 0 Å². The van der Waals surface area contributed by atoms with Gasteiger partial charge in [0.15, 0.2) is 18.1 Å². The lowest BCUT2D eigenvalue weighted by Crippen LogP contribution is -2.18. The Hall–Kier alpha value is -2.99. The van der Waals surface area contributed by atoms with Crippen molar-refractivity contribution in [3.05, 3.63) is 29.3 Å². The third-order valence-corrected chi connectivity index (χ3v) is 2.45. The fraction of sp³-hybridized carbons (Fsp3) is 0.312. The third kappa shape index (κ3) is 5.18. The molecule has 0 spiro atoms. The number of rotatable bonds is 6. The number of carbonyl (C=O) groups excluding carboxylic acids is 1. The minimum absolute atomic E-state index is 0.0174. The van der Waals surface area contributed by atoms with Gasteiger partial charge >= 0.3 is 5.97 Å². The van der Waals surface area contributed by atoms with Crippen LogP contribution in [0.15, 0.2) is 23.8 Å². The van der Waals surface area contributed by atoms with Crippen LogP contribution in [0.5, 0.6) is 11.5 Å². The van der Waals surface area contributed by atoms with Gasteiger partial charge in [-0.3, -0.25) is 0 Å². The van der Waals surface area contributed by atoms with E-state index < -0.39 is 5.97 Å². The molecule has 6 heteroatoms. The van der Waals surface area contributed by atoms with Crippen molar-refractivity contribution in [1.29, 1.82) is 10.5 Å². The number of benzene rings is 1. The average Bonchev–Trinajstić information content (AvgIpc) is 2.50. The molecule has 0 aliphatic heterocycles. The number of hydrogen-bond acceptors (Lipinski definition) is 6. The van der Waals surface area contributed by atoms with Gasteiger partial charge < -0.3 is 14.2 Å². The Labute approximate surface area is 129 Å². The van der Waals surface area contributed by atoms with Crippen LogP contribution in [-0.2, 0) is 9.53 Å². The number of allylic oxidation sites excluding steroid dienone is 1. The minimum atomic E-state index is -0.475. The summed E-state index contributed by atoms with van der Waals surface area (Å²) in [6, 6.07) is 8.41. The highest BCUT2D eigenvalue weighted by Gasteiger charge is 2.10. The molecule has 0 atom stereocenters. The maximum atomic E-state index is 11.4. The number of methoxy groups -OCH3 is 1. The Kier molecular flexibility index (Phi) is 6.46. The fourth-order valence-electron chi connectivity index (χ4n) is 1.58. The summed E-state index contributed by atoms with van der Waals surface area (Å²) in [5.41, 5.74) is 0.600. The van der Waals surface area contributed by atoms with Crippen molar-refractivity contribution in [3.8, 4) is 23.6 Å². The number of carbonyl (C=O) groups is 1. The molecule has 114 valence electrons. The molecule has 1 rings (SSSR count). The third-order valence-electron chi connectivity index (χ3n) is 2.45. The molecule has 0 bridgehead atoms. The lowest BCUT2D eigenvalue weighted by atomic mass is 10.1. The van der Waals surface area contributed by atoms with Gasteiger partial charge in [0.1, 0.15) is 17.7 Å². The molecule has 0 aliphatic carbocycles. The van der Waals surface area contributed by atoms with Gasteiger partial charge in [-0.2, -0.15) is 10.5 Å². The molecular weight excluding hydrogens is 284 g/mol. The van der Waals surface area contributed by atoms with Crippen molar-refractivity contribution >= 4 is 12.0 Å². The average molecular weight is 300 g/mol. The Bertz CT molecular complexity index is 635. The van der Waals surface area contributed by atoms with Crippen LogP contribution in [0.3, 0.4) is 0 Å². The van der Waals surface area contributed by atoms with E-state index in [-0.39, 0.29) is 18.3 Å². The standard InChI is InChI=1S/C16H16N2O4/c1-11(2)22-16(19)10-21-14-5-4-12(7-15(14)20-3)6-13(8-17)9-18/h4-7,11H,10H2,1-3H3. The SMILES string of the molecule is COc1cc(C=C(C#N)C#N)ccc1OCC(=O)OC(C)C. The zero-order chi connectivity index (χ0) is 16.5. The van der Waals surface area contributed by atoms with E-state index >= 15 is 0 Å². The Morgan fingerprint density at radius 2 is 1.95 bits per heavy atom. The molecule has 6 nitrogen and oxygen atoms in total. The number of hydrogen-bond donors (Lipinski definition) is 0. The maximum absolute atomic E-state index is 11.4. The number of esters is 1. The van der Waals surface area contributed by atoms with Gasteiger partial charge in [0, 0.05) is 0 Å². The van der Waals surface area contributed by atoms with Crippen LogP contribution in [0.25, 0.3) is 6.08 Å². The van der Waals surface area contributed by atoms with Gasteiger partial charge in [-0.25, -0.2) is 4.79 Å². The van der Waals surface area contributed by atoms with E-state index in [0.29, 0.717) is 17.1 Å². The lowest BCUT2D eigenvalue weighted by Gasteiger charge is -2.12. The van der Waals surface area contributed by atoms with Gasteiger partial charge in [0.05, 0.1) is 13.2 Å². The summed E-state index contributed by atoms with van der Waals surface area (Å²) >= 11 is 0. The van der Waals surface area contributed by atoms with E-state index in [4.69, 9.17) is 24.7 Å². The minimum Gasteiger partial charge on any atom is -0.493 e. The molecule has 1 aromatic rings. The van der Waals surface area contributed by atoms with Crippen molar-refractivity contribution in [2.75, 3.05) is 13.7 Å². The predicted molar refractivity (Wildman–Crippen MR) is 78.9 cm³/mol. The molecule has 0 amide bonds. The second-order valence-electron chi connectivity index (χ2n) is 4.52. The number of nitrogens with zero attached hydrogens (tertiary/aromatic N) is 2. The second kappa shape index (κ2) is 8.33. The molecule has 0 N–H and O–H groups in total. The van der Waals surface area contributed by atoms with E-state index in [1.807, 2.05) is 0 Å². The summed E-state index contributed by atoms with van der Waals surface area (Å²) in [5.74, 6) is 0.287. The maximum Gasteiger partial charge on any atom is 0.344 e. The van der Waals surface area contributed by atoms with Crippen LogP contribution in [-0.4, -0.2) is 25.8 Å².